The van der Waals surface area contributed by atoms with E-state index >= 15 is 0 Å². The van der Waals surface area contributed by atoms with Crippen LogP contribution in [0.4, 0.5) is 58.4 Å². The first-order valence-electron chi connectivity index (χ1n) is 9.67. The third-order valence-corrected chi connectivity index (χ3v) is 5.86. The summed E-state index contributed by atoms with van der Waals surface area (Å²) in [6.07, 6.45) is -19.0. The Morgan fingerprint density at radius 3 is 1.97 bits per heavy atom. The van der Waals surface area contributed by atoms with Gasteiger partial charge in [0.1, 0.15) is 0 Å². The zero-order valence-electron chi connectivity index (χ0n) is 17.8. The van der Waals surface area contributed by atoms with E-state index in [2.05, 4.69) is 15.9 Å². The Balaban J connectivity index is 2.20. The molecule has 2 aromatic carbocycles. The number of hydrogen-bond donors (Lipinski definition) is 1. The maximum atomic E-state index is 14.8. The summed E-state index contributed by atoms with van der Waals surface area (Å²) >= 11 is 2.29. The largest absolute Gasteiger partial charge is 0.618 e. The number of amides is 1. The molecule has 0 saturated heterocycles. The molecule has 38 heavy (non-hydrogen) atoms. The third-order valence-electron chi connectivity index (χ3n) is 5.24. The molecule has 0 bridgehead atoms. The first-order valence-corrected chi connectivity index (χ1v) is 10.5. The second-order valence-corrected chi connectivity index (χ2v) is 8.52. The van der Waals surface area contributed by atoms with Gasteiger partial charge in [0.05, 0.1) is 11.3 Å². The van der Waals surface area contributed by atoms with Gasteiger partial charge in [-0.05, 0) is 46.3 Å². The summed E-state index contributed by atoms with van der Waals surface area (Å²) in [5.41, 5.74) is -13.7. The van der Waals surface area contributed by atoms with Crippen molar-refractivity contribution in [2.45, 2.75) is 30.1 Å². The van der Waals surface area contributed by atoms with Crippen LogP contribution in [0.2, 0.25) is 0 Å². The molecule has 0 radical (unpaired) electrons. The van der Waals surface area contributed by atoms with Gasteiger partial charge in [-0.3, -0.25) is 4.79 Å². The molecule has 1 amide bonds. The second-order valence-electron chi connectivity index (χ2n) is 7.67. The van der Waals surface area contributed by atoms with Gasteiger partial charge in [0, 0.05) is 33.1 Å². The molecule has 0 aliphatic rings. The quantitative estimate of drug-likeness (QED) is 0.186. The standard InChI is InChI=1S/C21H9BrF12N2O2/c22-13-8-11(17(23,20(29,30)31)19(27,28)21(32,33)34)7-12(18(24,25)26)15(13)35-16(37)10-4-3-9-2-1-5-36(38)14(9)6-10/h1-8H,(H,35,37). The van der Waals surface area contributed by atoms with Crippen LogP contribution in [0.3, 0.4) is 0 Å². The second kappa shape index (κ2) is 9.20. The molecule has 0 aliphatic heterocycles. The van der Waals surface area contributed by atoms with E-state index in [9.17, 15) is 62.7 Å². The maximum absolute atomic E-state index is 14.8. The van der Waals surface area contributed by atoms with Gasteiger partial charge in [0.2, 0.25) is 5.52 Å². The van der Waals surface area contributed by atoms with E-state index in [1.54, 1.807) is 5.32 Å². The van der Waals surface area contributed by atoms with Crippen LogP contribution in [0.25, 0.3) is 10.9 Å². The van der Waals surface area contributed by atoms with E-state index in [4.69, 9.17) is 0 Å². The lowest BCUT2D eigenvalue weighted by molar-refractivity contribution is -0.577. The van der Waals surface area contributed by atoms with Crippen LogP contribution in [0.1, 0.15) is 21.5 Å². The van der Waals surface area contributed by atoms with Crippen molar-refractivity contribution in [1.29, 1.82) is 0 Å². The number of benzene rings is 2. The molecule has 0 aliphatic carbocycles. The highest BCUT2D eigenvalue weighted by atomic mass is 79.9. The van der Waals surface area contributed by atoms with E-state index in [-0.39, 0.29) is 11.6 Å². The van der Waals surface area contributed by atoms with E-state index in [0.29, 0.717) is 10.1 Å². The minimum Gasteiger partial charge on any atom is -0.618 e. The predicted molar refractivity (Wildman–Crippen MR) is 110 cm³/mol. The van der Waals surface area contributed by atoms with Gasteiger partial charge in [-0.1, -0.05) is 0 Å². The predicted octanol–water partition coefficient (Wildman–Crippen LogP) is 7.43. The summed E-state index contributed by atoms with van der Waals surface area (Å²) in [7, 11) is 0. The highest BCUT2D eigenvalue weighted by molar-refractivity contribution is 9.10. The van der Waals surface area contributed by atoms with Gasteiger partial charge >= 0.3 is 30.1 Å². The molecule has 1 heterocycles. The molecule has 3 aromatic rings. The molecular formula is C21H9BrF12N2O2. The van der Waals surface area contributed by atoms with Crippen molar-refractivity contribution in [1.82, 2.24) is 0 Å². The SMILES string of the molecule is O=C(Nc1c(Br)cc(C(F)(C(F)(F)F)C(F)(F)C(F)(F)F)cc1C(F)(F)F)c1ccc2ccc[n+]([O-])c2c1. The average Bonchev–Trinajstić information content (AvgIpc) is 2.77. The minimum atomic E-state index is -7.22. The number of alkyl halides is 12. The Kier molecular flexibility index (Phi) is 7.10. The average molecular weight is 629 g/mol. The molecular weight excluding hydrogens is 620 g/mol. The summed E-state index contributed by atoms with van der Waals surface area (Å²) in [4.78, 5) is 12.6. The molecule has 1 N–H and O–H groups in total. The summed E-state index contributed by atoms with van der Waals surface area (Å²) in [5.74, 6) is -8.61. The zero-order valence-corrected chi connectivity index (χ0v) is 19.4. The molecule has 1 aromatic heterocycles. The summed E-state index contributed by atoms with van der Waals surface area (Å²) in [5, 5.41) is 13.8. The van der Waals surface area contributed by atoms with Crippen LogP contribution in [-0.4, -0.2) is 24.2 Å². The van der Waals surface area contributed by atoms with Gasteiger partial charge in [-0.15, -0.1) is 0 Å². The number of carbonyl (C=O) groups is 1. The highest BCUT2D eigenvalue weighted by Crippen LogP contribution is 2.59. The fraction of sp³-hybridized carbons (Fsp3) is 0.238. The molecule has 0 spiro atoms. The summed E-state index contributed by atoms with van der Waals surface area (Å²) in [6, 6.07) is 4.71. The van der Waals surface area contributed by atoms with Gasteiger partial charge in [0.25, 0.3) is 5.91 Å². The topological polar surface area (TPSA) is 56.0 Å². The van der Waals surface area contributed by atoms with Crippen molar-refractivity contribution in [2.75, 3.05) is 5.32 Å². The van der Waals surface area contributed by atoms with Crippen LogP contribution in [0.15, 0.2) is 53.1 Å². The summed E-state index contributed by atoms with van der Waals surface area (Å²) < 4.78 is 161. The minimum absolute atomic E-state index is 0.118. The monoisotopic (exact) mass is 628 g/mol. The Bertz CT molecular complexity index is 1400. The van der Waals surface area contributed by atoms with E-state index in [1.807, 2.05) is 0 Å². The lowest BCUT2D eigenvalue weighted by atomic mass is 9.86. The van der Waals surface area contributed by atoms with Crippen molar-refractivity contribution < 1.29 is 62.2 Å². The number of aromatic nitrogens is 1. The van der Waals surface area contributed by atoms with E-state index in [1.165, 1.54) is 18.2 Å². The Labute approximate surface area is 211 Å². The normalized spacial score (nSPS) is 14.9. The summed E-state index contributed by atoms with van der Waals surface area (Å²) in [6.45, 7) is 0. The van der Waals surface area contributed by atoms with Crippen molar-refractivity contribution in [2.24, 2.45) is 0 Å². The van der Waals surface area contributed by atoms with E-state index < -0.39 is 68.9 Å². The number of fused-ring (bicyclic) bond motifs is 1. The van der Waals surface area contributed by atoms with Crippen molar-refractivity contribution in [3.05, 3.63) is 75.0 Å². The molecule has 1 unspecified atom stereocenters. The van der Waals surface area contributed by atoms with Gasteiger partial charge in [-0.2, -0.15) is 53.0 Å². The Hall–Kier alpha value is -3.24. The van der Waals surface area contributed by atoms with Gasteiger partial charge < -0.3 is 10.5 Å². The lowest BCUT2D eigenvalue weighted by Crippen LogP contribution is -2.59. The van der Waals surface area contributed by atoms with Crippen molar-refractivity contribution >= 4 is 38.4 Å². The Morgan fingerprint density at radius 2 is 1.45 bits per heavy atom. The molecule has 4 nitrogen and oxygen atoms in total. The van der Waals surface area contributed by atoms with Crippen molar-refractivity contribution in [3.63, 3.8) is 0 Å². The molecule has 206 valence electrons. The zero-order chi connectivity index (χ0) is 29.1. The first-order chi connectivity index (χ1) is 17.1. The lowest BCUT2D eigenvalue weighted by Gasteiger charge is -2.36. The Morgan fingerprint density at radius 1 is 0.842 bits per heavy atom. The first kappa shape index (κ1) is 29.3. The van der Waals surface area contributed by atoms with Gasteiger partial charge in [0.15, 0.2) is 6.20 Å². The molecule has 1 atom stereocenters. The van der Waals surface area contributed by atoms with Crippen LogP contribution in [0.5, 0.6) is 0 Å². The highest BCUT2D eigenvalue weighted by Gasteiger charge is 2.81. The number of pyridine rings is 1. The van der Waals surface area contributed by atoms with Crippen LogP contribution < -0.4 is 10.0 Å². The number of nitrogens with zero attached hydrogens (tertiary/aromatic N) is 1. The number of halogens is 13. The van der Waals surface area contributed by atoms with E-state index in [0.717, 1.165) is 18.3 Å². The van der Waals surface area contributed by atoms with Crippen LogP contribution in [0, 0.1) is 5.21 Å². The fourth-order valence-electron chi connectivity index (χ4n) is 3.38. The van der Waals surface area contributed by atoms with Crippen LogP contribution in [-0.2, 0) is 11.8 Å². The maximum Gasteiger partial charge on any atom is 0.457 e. The third kappa shape index (κ3) is 4.82. The number of hydrogen-bond acceptors (Lipinski definition) is 2. The number of anilines is 1. The molecule has 0 fully saturated rings. The number of carbonyl (C=O) groups excluding carboxylic acids is 1. The smallest absolute Gasteiger partial charge is 0.457 e. The number of rotatable bonds is 4. The molecule has 0 saturated carbocycles. The van der Waals surface area contributed by atoms with Crippen molar-refractivity contribution in [3.8, 4) is 0 Å². The van der Waals surface area contributed by atoms with Gasteiger partial charge in [-0.25, -0.2) is 4.39 Å². The fourth-order valence-corrected chi connectivity index (χ4v) is 3.94. The van der Waals surface area contributed by atoms with Crippen LogP contribution >= 0.6 is 15.9 Å². The number of nitrogens with one attached hydrogen (secondary N) is 1. The molecule has 3 rings (SSSR count). The molecule has 17 heteroatoms.